The molecule has 0 spiro atoms. The molecule has 0 bridgehead atoms. The summed E-state index contributed by atoms with van der Waals surface area (Å²) in [5, 5.41) is 0. The van der Waals surface area contributed by atoms with Gasteiger partial charge in [-0.1, -0.05) is 0 Å². The van der Waals surface area contributed by atoms with Crippen LogP contribution in [0.5, 0.6) is 0 Å². The summed E-state index contributed by atoms with van der Waals surface area (Å²) in [5.74, 6) is 1.48. The quantitative estimate of drug-likeness (QED) is 0.562. The third kappa shape index (κ3) is 2.02. The van der Waals surface area contributed by atoms with Gasteiger partial charge in [0.15, 0.2) is 0 Å². The number of nitrogens with zero attached hydrogens (tertiary/aromatic N) is 1. The molecule has 3 nitrogen and oxygen atoms in total. The van der Waals surface area contributed by atoms with Crippen LogP contribution in [0.4, 0.5) is 0 Å². The van der Waals surface area contributed by atoms with Crippen molar-refractivity contribution in [2.24, 2.45) is 0 Å². The number of hydrogen-bond donors (Lipinski definition) is 0. The summed E-state index contributed by atoms with van der Waals surface area (Å²) in [6.07, 6.45) is 0.892. The SMILES string of the molecule is CC(=O)N(C)C1CCS(=O)C1. The molecule has 1 fully saturated rings. The fraction of sp³-hybridized carbons (Fsp3) is 0.857. The number of rotatable bonds is 1. The zero-order valence-electron chi connectivity index (χ0n) is 6.87. The van der Waals surface area contributed by atoms with Gasteiger partial charge in [0.2, 0.25) is 5.91 Å². The van der Waals surface area contributed by atoms with Gasteiger partial charge in [0.1, 0.15) is 0 Å². The molecule has 2 atom stereocenters. The summed E-state index contributed by atoms with van der Waals surface area (Å²) in [6.45, 7) is 1.54. The Bertz CT molecular complexity index is 193. The molecular weight excluding hydrogens is 162 g/mol. The Balaban J connectivity index is 2.49. The largest absolute Gasteiger partial charge is 0.342 e. The Morgan fingerprint density at radius 3 is 2.64 bits per heavy atom. The van der Waals surface area contributed by atoms with Crippen LogP contribution < -0.4 is 0 Å². The molecule has 11 heavy (non-hydrogen) atoms. The molecule has 0 N–H and O–H groups in total. The van der Waals surface area contributed by atoms with E-state index in [1.807, 2.05) is 0 Å². The fourth-order valence-electron chi connectivity index (χ4n) is 1.21. The average Bonchev–Trinajstić information content (AvgIpc) is 2.34. The molecular formula is C7H13NO2S. The van der Waals surface area contributed by atoms with E-state index < -0.39 is 10.8 Å². The van der Waals surface area contributed by atoms with E-state index in [1.165, 1.54) is 0 Å². The summed E-state index contributed by atoms with van der Waals surface area (Å²) >= 11 is 0. The summed E-state index contributed by atoms with van der Waals surface area (Å²) in [4.78, 5) is 12.5. The van der Waals surface area contributed by atoms with Crippen molar-refractivity contribution in [2.75, 3.05) is 18.6 Å². The van der Waals surface area contributed by atoms with Crippen LogP contribution in [0.2, 0.25) is 0 Å². The second-order valence-corrected chi connectivity index (χ2v) is 4.50. The third-order valence-corrected chi connectivity index (χ3v) is 3.55. The minimum atomic E-state index is -0.684. The van der Waals surface area contributed by atoms with Gasteiger partial charge < -0.3 is 4.90 Å². The molecule has 1 saturated heterocycles. The monoisotopic (exact) mass is 175 g/mol. The van der Waals surface area contributed by atoms with E-state index in [0.29, 0.717) is 5.75 Å². The van der Waals surface area contributed by atoms with Gasteiger partial charge >= 0.3 is 0 Å². The normalized spacial score (nSPS) is 30.4. The minimum Gasteiger partial charge on any atom is -0.342 e. The average molecular weight is 175 g/mol. The Labute approximate surface area is 69.2 Å². The first-order valence-corrected chi connectivity index (χ1v) is 5.18. The van der Waals surface area contributed by atoms with Crippen molar-refractivity contribution in [3.8, 4) is 0 Å². The highest BCUT2D eigenvalue weighted by molar-refractivity contribution is 7.85. The molecule has 1 rings (SSSR count). The first-order chi connectivity index (χ1) is 5.11. The number of hydrogen-bond acceptors (Lipinski definition) is 2. The van der Waals surface area contributed by atoms with Crippen LogP contribution >= 0.6 is 0 Å². The van der Waals surface area contributed by atoms with Gasteiger partial charge in [-0.25, -0.2) is 0 Å². The van der Waals surface area contributed by atoms with E-state index in [2.05, 4.69) is 0 Å². The van der Waals surface area contributed by atoms with Crippen molar-refractivity contribution < 1.29 is 9.00 Å². The predicted molar refractivity (Wildman–Crippen MR) is 44.7 cm³/mol. The zero-order valence-corrected chi connectivity index (χ0v) is 7.69. The molecule has 1 aliphatic rings. The minimum absolute atomic E-state index is 0.0638. The maximum Gasteiger partial charge on any atom is 0.219 e. The summed E-state index contributed by atoms with van der Waals surface area (Å²) < 4.78 is 11.0. The fourth-order valence-corrected chi connectivity index (χ4v) is 2.73. The Kier molecular flexibility index (Phi) is 2.65. The van der Waals surface area contributed by atoms with Gasteiger partial charge in [0, 0.05) is 42.3 Å². The Morgan fingerprint density at radius 1 is 1.64 bits per heavy atom. The van der Waals surface area contributed by atoms with E-state index in [1.54, 1.807) is 18.9 Å². The molecule has 1 aliphatic heterocycles. The topological polar surface area (TPSA) is 37.4 Å². The second-order valence-electron chi connectivity index (χ2n) is 2.88. The number of carbonyl (C=O) groups excluding carboxylic acids is 1. The van der Waals surface area contributed by atoms with Crippen molar-refractivity contribution in [3.63, 3.8) is 0 Å². The van der Waals surface area contributed by atoms with Crippen LogP contribution in [-0.4, -0.2) is 39.6 Å². The molecule has 0 saturated carbocycles. The van der Waals surface area contributed by atoms with E-state index in [4.69, 9.17) is 0 Å². The third-order valence-electron chi connectivity index (χ3n) is 2.10. The van der Waals surface area contributed by atoms with Crippen LogP contribution in [0.25, 0.3) is 0 Å². The lowest BCUT2D eigenvalue weighted by Crippen LogP contribution is -2.35. The maximum atomic E-state index is 11.0. The van der Waals surface area contributed by atoms with Gasteiger partial charge in [-0.05, 0) is 6.42 Å². The highest BCUT2D eigenvalue weighted by Gasteiger charge is 2.25. The van der Waals surface area contributed by atoms with Gasteiger partial charge in [0.05, 0.1) is 0 Å². The molecule has 0 radical (unpaired) electrons. The first-order valence-electron chi connectivity index (χ1n) is 3.69. The molecule has 1 heterocycles. The van der Waals surface area contributed by atoms with Crippen LogP contribution in [0, 0.1) is 0 Å². The summed E-state index contributed by atoms with van der Waals surface area (Å²) in [5.41, 5.74) is 0. The van der Waals surface area contributed by atoms with E-state index in [9.17, 15) is 9.00 Å². The van der Waals surface area contributed by atoms with E-state index >= 15 is 0 Å². The Hall–Kier alpha value is -0.380. The Morgan fingerprint density at radius 2 is 2.27 bits per heavy atom. The van der Waals surface area contributed by atoms with Gasteiger partial charge in [-0.15, -0.1) is 0 Å². The molecule has 1 amide bonds. The standard InChI is InChI=1S/C7H13NO2S/c1-6(9)8(2)7-3-4-11(10)5-7/h7H,3-5H2,1-2H3. The molecule has 0 aliphatic carbocycles. The molecule has 0 aromatic rings. The molecule has 2 unspecified atom stereocenters. The second kappa shape index (κ2) is 3.34. The van der Waals surface area contributed by atoms with Crippen LogP contribution in [0.15, 0.2) is 0 Å². The number of carbonyl (C=O) groups is 1. The molecule has 0 aromatic heterocycles. The van der Waals surface area contributed by atoms with Gasteiger partial charge in [-0.2, -0.15) is 0 Å². The highest BCUT2D eigenvalue weighted by atomic mass is 32.2. The van der Waals surface area contributed by atoms with Crippen LogP contribution in [0.1, 0.15) is 13.3 Å². The first kappa shape index (κ1) is 8.71. The summed E-state index contributed by atoms with van der Waals surface area (Å²) in [6, 6.07) is 0.216. The maximum absolute atomic E-state index is 11.0. The lowest BCUT2D eigenvalue weighted by atomic mass is 10.2. The van der Waals surface area contributed by atoms with E-state index in [-0.39, 0.29) is 11.9 Å². The molecule has 64 valence electrons. The van der Waals surface area contributed by atoms with Crippen molar-refractivity contribution >= 4 is 16.7 Å². The highest BCUT2D eigenvalue weighted by Crippen LogP contribution is 2.12. The van der Waals surface area contributed by atoms with Crippen LogP contribution in [0.3, 0.4) is 0 Å². The van der Waals surface area contributed by atoms with Crippen molar-refractivity contribution in [2.45, 2.75) is 19.4 Å². The lowest BCUT2D eigenvalue weighted by molar-refractivity contribution is -0.129. The lowest BCUT2D eigenvalue weighted by Gasteiger charge is -2.21. The van der Waals surface area contributed by atoms with Crippen molar-refractivity contribution in [1.82, 2.24) is 4.90 Å². The van der Waals surface area contributed by atoms with Gasteiger partial charge in [-0.3, -0.25) is 9.00 Å². The molecule has 0 aromatic carbocycles. The number of amides is 1. The van der Waals surface area contributed by atoms with E-state index in [0.717, 1.165) is 12.2 Å². The van der Waals surface area contributed by atoms with Crippen molar-refractivity contribution in [3.05, 3.63) is 0 Å². The summed E-state index contributed by atoms with van der Waals surface area (Å²) in [7, 11) is 1.09. The predicted octanol–water partition coefficient (Wildman–Crippen LogP) is -0.0143. The molecule has 4 heteroatoms. The van der Waals surface area contributed by atoms with Crippen molar-refractivity contribution in [1.29, 1.82) is 0 Å². The van der Waals surface area contributed by atoms with Crippen LogP contribution in [-0.2, 0) is 15.6 Å². The van der Waals surface area contributed by atoms with Gasteiger partial charge in [0.25, 0.3) is 0 Å². The smallest absolute Gasteiger partial charge is 0.219 e. The zero-order chi connectivity index (χ0) is 8.43.